The summed E-state index contributed by atoms with van der Waals surface area (Å²) in [4.78, 5) is 3.00. The van der Waals surface area contributed by atoms with Gasteiger partial charge in [-0.1, -0.05) is 46.3 Å². The van der Waals surface area contributed by atoms with Gasteiger partial charge in [-0.2, -0.15) is 0 Å². The first-order valence-electron chi connectivity index (χ1n) is 7.60. The van der Waals surface area contributed by atoms with Crippen molar-refractivity contribution < 1.29 is 9.13 Å². The van der Waals surface area contributed by atoms with Crippen LogP contribution in [0.2, 0.25) is 0 Å². The minimum Gasteiger partial charge on any atom is -0.488 e. The summed E-state index contributed by atoms with van der Waals surface area (Å²) in [5, 5.41) is 0. The average Bonchev–Trinajstić information content (AvgIpc) is 3.09. The summed E-state index contributed by atoms with van der Waals surface area (Å²) in [5.41, 5.74) is 1.42. The second-order valence-corrected chi connectivity index (χ2v) is 6.82. The van der Waals surface area contributed by atoms with E-state index in [0.717, 1.165) is 28.1 Å². The number of nitrogens with zero attached hydrogens (tertiary/aromatic N) is 1. The lowest BCUT2D eigenvalue weighted by Gasteiger charge is -2.21. The second-order valence-electron chi connectivity index (χ2n) is 5.52. The summed E-state index contributed by atoms with van der Waals surface area (Å²) in [6.07, 6.45) is 2.33. The largest absolute Gasteiger partial charge is 0.488 e. The lowest BCUT2D eigenvalue weighted by molar-refractivity contribution is 0.298. The average molecular weight is 394 g/mol. The van der Waals surface area contributed by atoms with E-state index < -0.39 is 0 Å². The van der Waals surface area contributed by atoms with Crippen LogP contribution in [0.3, 0.4) is 0 Å². The predicted molar refractivity (Wildman–Crippen MR) is 97.4 cm³/mol. The molecule has 0 bridgehead atoms. The van der Waals surface area contributed by atoms with Gasteiger partial charge in [0.25, 0.3) is 0 Å². The van der Waals surface area contributed by atoms with E-state index in [0.29, 0.717) is 11.3 Å². The molecular weight excluding hydrogens is 377 g/mol. The fraction of sp³-hybridized carbons (Fsp3) is 0.278. The predicted octanol–water partition coefficient (Wildman–Crippen LogP) is 4.94. The Morgan fingerprint density at radius 1 is 1.17 bits per heavy atom. The molecule has 0 unspecified atom stereocenters. The first-order chi connectivity index (χ1) is 11.1. The quantitative estimate of drug-likeness (QED) is 0.682. The highest BCUT2D eigenvalue weighted by atomic mass is 79.9. The van der Waals surface area contributed by atoms with Crippen LogP contribution in [-0.2, 0) is 6.61 Å². The molecule has 1 heterocycles. The third-order valence-electron chi connectivity index (χ3n) is 3.91. The summed E-state index contributed by atoms with van der Waals surface area (Å²) in [5.74, 6) is 0.432. The molecule has 0 saturated carbocycles. The molecule has 2 aromatic rings. The Labute approximate surface area is 149 Å². The maximum atomic E-state index is 13.7. The van der Waals surface area contributed by atoms with Crippen LogP contribution in [0, 0.1) is 5.82 Å². The van der Waals surface area contributed by atoms with Crippen LogP contribution in [0.4, 0.5) is 4.39 Å². The minimum atomic E-state index is -0.256. The van der Waals surface area contributed by atoms with E-state index in [1.807, 2.05) is 18.2 Å². The summed E-state index contributed by atoms with van der Waals surface area (Å²) >= 11 is 9.12. The second kappa shape index (κ2) is 7.41. The van der Waals surface area contributed by atoms with Crippen LogP contribution in [0.15, 0.2) is 46.9 Å². The van der Waals surface area contributed by atoms with E-state index in [2.05, 4.69) is 20.8 Å². The van der Waals surface area contributed by atoms with Crippen LogP contribution < -0.4 is 4.74 Å². The molecule has 5 heteroatoms. The molecule has 120 valence electrons. The fourth-order valence-corrected chi connectivity index (χ4v) is 3.36. The molecule has 0 radical (unpaired) electrons. The Hall–Kier alpha value is -1.46. The first kappa shape index (κ1) is 16.4. The highest BCUT2D eigenvalue weighted by Crippen LogP contribution is 2.27. The topological polar surface area (TPSA) is 12.5 Å². The van der Waals surface area contributed by atoms with Gasteiger partial charge >= 0.3 is 0 Å². The Kier molecular flexibility index (Phi) is 5.28. The SMILES string of the molecule is Fc1ccccc1COc1ccc(Br)cc1C(=S)N1CCCC1. The monoisotopic (exact) mass is 393 g/mol. The number of halogens is 2. The van der Waals surface area contributed by atoms with Gasteiger partial charge < -0.3 is 9.64 Å². The zero-order chi connectivity index (χ0) is 16.2. The third kappa shape index (κ3) is 3.90. The van der Waals surface area contributed by atoms with Crippen molar-refractivity contribution in [1.29, 1.82) is 0 Å². The Morgan fingerprint density at radius 3 is 2.65 bits per heavy atom. The molecule has 23 heavy (non-hydrogen) atoms. The van der Waals surface area contributed by atoms with Crippen molar-refractivity contribution in [2.45, 2.75) is 19.4 Å². The summed E-state index contributed by atoms with van der Waals surface area (Å²) in [6.45, 7) is 2.15. The van der Waals surface area contributed by atoms with E-state index in [9.17, 15) is 4.39 Å². The number of thiocarbonyl (C=S) groups is 1. The van der Waals surface area contributed by atoms with Crippen LogP contribution in [0.5, 0.6) is 5.75 Å². The van der Waals surface area contributed by atoms with E-state index in [1.165, 1.54) is 18.9 Å². The molecule has 1 fully saturated rings. The Morgan fingerprint density at radius 2 is 1.91 bits per heavy atom. The minimum absolute atomic E-state index is 0.184. The number of hydrogen-bond donors (Lipinski definition) is 0. The maximum Gasteiger partial charge on any atom is 0.130 e. The third-order valence-corrected chi connectivity index (χ3v) is 4.88. The van der Waals surface area contributed by atoms with Crippen molar-refractivity contribution in [3.8, 4) is 5.75 Å². The van der Waals surface area contributed by atoms with Gasteiger partial charge in [-0.3, -0.25) is 0 Å². The molecule has 1 saturated heterocycles. The molecule has 0 amide bonds. The Balaban J connectivity index is 1.81. The summed E-state index contributed by atoms with van der Waals surface area (Å²) < 4.78 is 20.6. The number of rotatable bonds is 4. The molecule has 0 atom stereocenters. The van der Waals surface area contributed by atoms with Crippen LogP contribution in [-0.4, -0.2) is 23.0 Å². The van der Waals surface area contributed by atoms with E-state index >= 15 is 0 Å². The van der Waals surface area contributed by atoms with Crippen LogP contribution in [0.1, 0.15) is 24.0 Å². The zero-order valence-corrected chi connectivity index (χ0v) is 15.0. The van der Waals surface area contributed by atoms with Gasteiger partial charge in [0.05, 0.1) is 5.56 Å². The zero-order valence-electron chi connectivity index (χ0n) is 12.6. The summed E-state index contributed by atoms with van der Waals surface area (Å²) in [7, 11) is 0. The first-order valence-corrected chi connectivity index (χ1v) is 8.80. The molecule has 2 aromatic carbocycles. The molecule has 3 rings (SSSR count). The van der Waals surface area contributed by atoms with E-state index in [1.54, 1.807) is 18.2 Å². The van der Waals surface area contributed by atoms with Gasteiger partial charge in [-0.25, -0.2) is 4.39 Å². The number of benzene rings is 2. The van der Waals surface area contributed by atoms with Gasteiger partial charge in [0.15, 0.2) is 0 Å². The molecule has 0 spiro atoms. The number of hydrogen-bond acceptors (Lipinski definition) is 2. The van der Waals surface area contributed by atoms with Crippen molar-refractivity contribution in [3.63, 3.8) is 0 Å². The van der Waals surface area contributed by atoms with E-state index in [4.69, 9.17) is 17.0 Å². The van der Waals surface area contributed by atoms with Gasteiger partial charge in [0.2, 0.25) is 0 Å². The van der Waals surface area contributed by atoms with Crippen molar-refractivity contribution in [2.24, 2.45) is 0 Å². The van der Waals surface area contributed by atoms with Crippen molar-refractivity contribution >= 4 is 33.1 Å². The van der Waals surface area contributed by atoms with Crippen LogP contribution in [0.25, 0.3) is 0 Å². The van der Waals surface area contributed by atoms with Crippen molar-refractivity contribution in [1.82, 2.24) is 4.90 Å². The summed E-state index contributed by atoms with van der Waals surface area (Å²) in [6, 6.07) is 12.4. The fourth-order valence-electron chi connectivity index (χ4n) is 2.66. The number of ether oxygens (including phenoxy) is 1. The van der Waals surface area contributed by atoms with E-state index in [-0.39, 0.29) is 12.4 Å². The van der Waals surface area contributed by atoms with Gasteiger partial charge in [-0.05, 0) is 37.1 Å². The van der Waals surface area contributed by atoms with Crippen LogP contribution >= 0.6 is 28.1 Å². The lowest BCUT2D eigenvalue weighted by Crippen LogP contribution is -2.27. The Bertz CT molecular complexity index is 716. The van der Waals surface area contributed by atoms with Gasteiger partial charge in [-0.15, -0.1) is 0 Å². The number of likely N-dealkylation sites (tertiary alicyclic amines) is 1. The molecule has 1 aliphatic heterocycles. The molecule has 2 nitrogen and oxygen atoms in total. The molecule has 1 aliphatic rings. The highest BCUT2D eigenvalue weighted by Gasteiger charge is 2.19. The standard InChI is InChI=1S/C18H17BrFNOS/c19-14-7-8-17(22-12-13-5-1-2-6-16(13)20)15(11-14)18(23)21-9-3-4-10-21/h1-2,5-8,11H,3-4,9-10,12H2. The van der Waals surface area contributed by atoms with Gasteiger partial charge in [0, 0.05) is 23.1 Å². The molecule has 0 N–H and O–H groups in total. The van der Waals surface area contributed by atoms with Crippen molar-refractivity contribution in [3.05, 3.63) is 63.9 Å². The lowest BCUT2D eigenvalue weighted by atomic mass is 10.2. The molecule has 0 aliphatic carbocycles. The normalized spacial score (nSPS) is 14.1. The van der Waals surface area contributed by atoms with Crippen molar-refractivity contribution in [2.75, 3.05) is 13.1 Å². The molecular formula is C18H17BrFNOS. The smallest absolute Gasteiger partial charge is 0.130 e. The molecule has 0 aromatic heterocycles. The highest BCUT2D eigenvalue weighted by molar-refractivity contribution is 9.10. The van der Waals surface area contributed by atoms with Gasteiger partial charge in [0.1, 0.15) is 23.2 Å². The maximum absolute atomic E-state index is 13.7.